The Morgan fingerprint density at radius 2 is 1.89 bits per heavy atom. The zero-order valence-corrected chi connectivity index (χ0v) is 20.4. The first kappa shape index (κ1) is 22.2. The summed E-state index contributed by atoms with van der Waals surface area (Å²) >= 11 is 1.66. The van der Waals surface area contributed by atoms with Gasteiger partial charge in [-0.25, -0.2) is 4.39 Å². The van der Waals surface area contributed by atoms with Gasteiger partial charge in [-0.15, -0.1) is 11.8 Å². The summed E-state index contributed by atoms with van der Waals surface area (Å²) in [6.45, 7) is 4.92. The van der Waals surface area contributed by atoms with Crippen LogP contribution in [-0.2, 0) is 5.75 Å². The summed E-state index contributed by atoms with van der Waals surface area (Å²) in [5, 5.41) is 12.9. The Balaban J connectivity index is 1.66. The Morgan fingerprint density at radius 1 is 1.09 bits per heavy atom. The van der Waals surface area contributed by atoms with Gasteiger partial charge in [-0.2, -0.15) is 0 Å². The summed E-state index contributed by atoms with van der Waals surface area (Å²) in [5.41, 5.74) is 2.27. The molecule has 0 unspecified atom stereocenters. The molecule has 0 radical (unpaired) electrons. The minimum atomic E-state index is -0.584. The van der Waals surface area contributed by atoms with Crippen molar-refractivity contribution in [2.75, 3.05) is 11.6 Å². The predicted octanol–water partition coefficient (Wildman–Crippen LogP) is 4.63. The van der Waals surface area contributed by atoms with Crippen LogP contribution in [0, 0.1) is 11.2 Å². The van der Waals surface area contributed by atoms with E-state index in [0.717, 1.165) is 28.0 Å². The number of piperidine rings is 1. The summed E-state index contributed by atoms with van der Waals surface area (Å²) < 4.78 is 16.0. The van der Waals surface area contributed by atoms with Gasteiger partial charge in [0.2, 0.25) is 5.43 Å². The number of benzene rings is 2. The maximum absolute atomic E-state index is 14.3. The van der Waals surface area contributed by atoms with Gasteiger partial charge in [0.25, 0.3) is 5.91 Å². The lowest BCUT2D eigenvalue weighted by Crippen LogP contribution is -2.65. The first-order valence-corrected chi connectivity index (χ1v) is 12.8. The minimum absolute atomic E-state index is 0.0110. The Bertz CT molecular complexity index is 1420. The van der Waals surface area contributed by atoms with Crippen LogP contribution in [0.2, 0.25) is 0 Å². The molecule has 6 rings (SSSR count). The highest BCUT2D eigenvalue weighted by Gasteiger charge is 2.48. The molecule has 3 aliphatic rings. The van der Waals surface area contributed by atoms with Crippen molar-refractivity contribution in [3.8, 4) is 5.75 Å². The van der Waals surface area contributed by atoms with E-state index < -0.39 is 11.2 Å². The number of hydrogen-bond donors (Lipinski definition) is 1. The molecule has 3 aromatic rings. The third kappa shape index (κ3) is 3.45. The van der Waals surface area contributed by atoms with E-state index in [9.17, 15) is 19.1 Å². The van der Waals surface area contributed by atoms with Crippen molar-refractivity contribution in [3.63, 3.8) is 0 Å². The second kappa shape index (κ2) is 7.88. The van der Waals surface area contributed by atoms with E-state index in [1.807, 2.05) is 18.2 Å². The highest BCUT2D eigenvalue weighted by Crippen LogP contribution is 2.47. The summed E-state index contributed by atoms with van der Waals surface area (Å²) in [7, 11) is 0. The zero-order valence-electron chi connectivity index (χ0n) is 19.6. The van der Waals surface area contributed by atoms with E-state index in [-0.39, 0.29) is 35.0 Å². The molecule has 35 heavy (non-hydrogen) atoms. The number of rotatable bonds is 1. The fraction of sp³-hybridized carbons (Fsp3) is 0.333. The molecule has 0 aliphatic carbocycles. The van der Waals surface area contributed by atoms with E-state index in [1.165, 1.54) is 12.1 Å². The highest BCUT2D eigenvalue weighted by molar-refractivity contribution is 7.98. The van der Waals surface area contributed by atoms with Crippen LogP contribution in [0.15, 0.2) is 64.4 Å². The van der Waals surface area contributed by atoms with E-state index in [0.29, 0.717) is 18.7 Å². The third-order valence-corrected chi connectivity index (χ3v) is 8.59. The molecule has 0 bridgehead atoms. The normalized spacial score (nSPS) is 22.5. The van der Waals surface area contributed by atoms with Crippen LogP contribution in [0.25, 0.3) is 0 Å². The molecular formula is C27H26FN3O3S. The quantitative estimate of drug-likeness (QED) is 0.538. The first-order chi connectivity index (χ1) is 16.7. The zero-order chi connectivity index (χ0) is 24.5. The summed E-state index contributed by atoms with van der Waals surface area (Å²) in [4.78, 5) is 28.8. The fourth-order valence-corrected chi connectivity index (χ4v) is 6.73. The number of aromatic hydroxyl groups is 1. The van der Waals surface area contributed by atoms with Crippen LogP contribution in [-0.4, -0.2) is 33.3 Å². The number of halogens is 1. The molecule has 0 saturated carbocycles. The maximum atomic E-state index is 14.3. The number of fused-ring (bicyclic) bond motifs is 4. The lowest BCUT2D eigenvalue weighted by molar-refractivity contribution is 0.0244. The molecule has 1 aromatic heterocycles. The molecule has 0 spiro atoms. The fourth-order valence-electron chi connectivity index (χ4n) is 5.65. The molecule has 1 N–H and O–H groups in total. The summed E-state index contributed by atoms with van der Waals surface area (Å²) in [6, 6.07) is 14.0. The summed E-state index contributed by atoms with van der Waals surface area (Å²) in [5.74, 6) is -0.547. The molecule has 180 valence electrons. The van der Waals surface area contributed by atoms with Gasteiger partial charge in [0.1, 0.15) is 12.0 Å². The van der Waals surface area contributed by atoms with Crippen LogP contribution in [0.1, 0.15) is 59.9 Å². The Labute approximate surface area is 207 Å². The van der Waals surface area contributed by atoms with Crippen LogP contribution >= 0.6 is 11.8 Å². The van der Waals surface area contributed by atoms with Crippen LogP contribution in [0.4, 0.5) is 4.39 Å². The second-order valence-corrected chi connectivity index (χ2v) is 11.3. The Kier molecular flexibility index (Phi) is 5.00. The van der Waals surface area contributed by atoms with Crippen molar-refractivity contribution in [1.82, 2.24) is 9.58 Å². The number of hydrogen-bond acceptors (Lipinski definition) is 5. The second-order valence-electron chi connectivity index (χ2n) is 10.3. The van der Waals surface area contributed by atoms with E-state index in [4.69, 9.17) is 0 Å². The van der Waals surface area contributed by atoms with Gasteiger partial charge in [-0.1, -0.05) is 38.1 Å². The molecule has 1 fully saturated rings. The molecule has 2 aromatic carbocycles. The number of amides is 1. The molecule has 6 nitrogen and oxygen atoms in total. The highest BCUT2D eigenvalue weighted by atomic mass is 32.2. The van der Waals surface area contributed by atoms with Crippen molar-refractivity contribution in [2.45, 2.75) is 49.5 Å². The number of nitrogens with zero attached hydrogens (tertiary/aromatic N) is 3. The minimum Gasteiger partial charge on any atom is -0.502 e. The van der Waals surface area contributed by atoms with Gasteiger partial charge in [0, 0.05) is 29.5 Å². The molecule has 3 aliphatic heterocycles. The number of carbonyl (C=O) groups is 1. The van der Waals surface area contributed by atoms with Gasteiger partial charge < -0.3 is 10.0 Å². The van der Waals surface area contributed by atoms with Crippen LogP contribution in [0.5, 0.6) is 5.75 Å². The van der Waals surface area contributed by atoms with Crippen molar-refractivity contribution >= 4 is 17.7 Å². The molecule has 1 saturated heterocycles. The van der Waals surface area contributed by atoms with Crippen molar-refractivity contribution < 1.29 is 14.3 Å². The largest absolute Gasteiger partial charge is 0.502 e. The van der Waals surface area contributed by atoms with E-state index in [2.05, 4.69) is 31.0 Å². The van der Waals surface area contributed by atoms with Gasteiger partial charge in [-0.3, -0.25) is 19.3 Å². The van der Waals surface area contributed by atoms with Crippen molar-refractivity contribution in [2.24, 2.45) is 5.41 Å². The predicted molar refractivity (Wildman–Crippen MR) is 133 cm³/mol. The Morgan fingerprint density at radius 3 is 2.71 bits per heavy atom. The van der Waals surface area contributed by atoms with Crippen molar-refractivity contribution in [1.29, 1.82) is 0 Å². The number of aromatic nitrogens is 1. The topological polar surface area (TPSA) is 65.8 Å². The molecular weight excluding hydrogens is 465 g/mol. The number of carbonyl (C=O) groups excluding carboxylic acids is 1. The monoisotopic (exact) mass is 491 g/mol. The van der Waals surface area contributed by atoms with E-state index >= 15 is 0 Å². The molecule has 2 atom stereocenters. The average molecular weight is 492 g/mol. The molecule has 4 heterocycles. The van der Waals surface area contributed by atoms with Gasteiger partial charge in [0.05, 0.1) is 6.04 Å². The van der Waals surface area contributed by atoms with Gasteiger partial charge in [-0.05, 0) is 53.1 Å². The van der Waals surface area contributed by atoms with Crippen LogP contribution in [0.3, 0.4) is 0 Å². The average Bonchev–Trinajstić information content (AvgIpc) is 2.98. The SMILES string of the molecule is CC1(C)CCN2C(=O)c3c(O)c(=O)ccn3N([C@H]3c4ccc(F)cc4CSc4ccccc43)[C@@H]2C1. The van der Waals surface area contributed by atoms with Crippen molar-refractivity contribution in [3.05, 3.63) is 93.2 Å². The van der Waals surface area contributed by atoms with Crippen LogP contribution < -0.4 is 10.4 Å². The standard InChI is InChI=1S/C27H26FN3O3S/c1-27(2)10-12-29-22(14-27)31(30-11-9-20(32)25(33)24(30)26(29)34)23-18-8-7-17(28)13-16(18)15-35-21-6-4-3-5-19(21)23/h3-9,11,13,22-23,33H,10,12,14-15H2,1-2H3/t22-,23+/m1/s1. The van der Waals surface area contributed by atoms with Gasteiger partial charge >= 0.3 is 0 Å². The number of pyridine rings is 1. The number of thioether (sulfide) groups is 1. The lowest BCUT2D eigenvalue weighted by Gasteiger charge is -2.54. The molecule has 8 heteroatoms. The Hall–Kier alpha value is -3.26. The summed E-state index contributed by atoms with van der Waals surface area (Å²) in [6.07, 6.45) is 2.81. The van der Waals surface area contributed by atoms with E-state index in [1.54, 1.807) is 33.6 Å². The van der Waals surface area contributed by atoms with Gasteiger partial charge in [0.15, 0.2) is 11.4 Å². The lowest BCUT2D eigenvalue weighted by atomic mass is 9.79. The third-order valence-electron chi connectivity index (χ3n) is 7.46. The molecule has 1 amide bonds. The maximum Gasteiger partial charge on any atom is 0.278 e. The smallest absolute Gasteiger partial charge is 0.278 e. The first-order valence-electron chi connectivity index (χ1n) is 11.8.